The maximum Gasteiger partial charge on any atom is 0.124 e. The average molecular weight is 167 g/mol. The van der Waals surface area contributed by atoms with E-state index in [9.17, 15) is 4.79 Å². The van der Waals surface area contributed by atoms with Crippen LogP contribution in [0.1, 0.15) is 32.1 Å². The maximum absolute atomic E-state index is 10.2. The smallest absolute Gasteiger partial charge is 0.124 e. The van der Waals surface area contributed by atoms with Crippen LogP contribution in [0.3, 0.4) is 0 Å². The molecule has 0 aromatic rings. The Balaban J connectivity index is 2.19. The lowest BCUT2D eigenvalue weighted by molar-refractivity contribution is -0.107. The van der Waals surface area contributed by atoms with Crippen LogP contribution >= 0.6 is 0 Å². The zero-order valence-corrected chi connectivity index (χ0v) is 7.51. The summed E-state index contributed by atoms with van der Waals surface area (Å²) >= 11 is 0. The normalized spacial score (nSPS) is 23.5. The highest BCUT2D eigenvalue weighted by molar-refractivity contribution is 5.53. The average Bonchev–Trinajstić information content (AvgIpc) is 2.06. The molecular weight excluding hydrogens is 150 g/mol. The van der Waals surface area contributed by atoms with Crippen molar-refractivity contribution in [3.63, 3.8) is 0 Å². The summed E-state index contributed by atoms with van der Waals surface area (Å²) in [6.45, 7) is 4.99. The van der Waals surface area contributed by atoms with Gasteiger partial charge in [0, 0.05) is 12.5 Å². The molecule has 0 radical (unpaired) electrons. The van der Waals surface area contributed by atoms with Crippen LogP contribution in [0.15, 0.2) is 12.2 Å². The van der Waals surface area contributed by atoms with Gasteiger partial charge in [0.25, 0.3) is 0 Å². The highest BCUT2D eigenvalue weighted by Gasteiger charge is 2.12. The van der Waals surface area contributed by atoms with Crippen molar-refractivity contribution in [1.82, 2.24) is 5.32 Å². The fourth-order valence-electron chi connectivity index (χ4n) is 1.65. The Labute approximate surface area is 74.0 Å². The first-order valence-corrected chi connectivity index (χ1v) is 4.66. The third kappa shape index (κ3) is 3.18. The number of hydrogen-bond donors (Lipinski definition) is 1. The standard InChI is InChI=1S/C10H17NO/c1-9(5-7-12)8-10-4-2-3-6-11-10/h7,10-11H,1-6,8H2. The summed E-state index contributed by atoms with van der Waals surface area (Å²) in [6, 6.07) is 0.575. The van der Waals surface area contributed by atoms with Crippen molar-refractivity contribution in [3.8, 4) is 0 Å². The highest BCUT2D eigenvalue weighted by Crippen LogP contribution is 2.14. The first-order valence-electron chi connectivity index (χ1n) is 4.66. The second-order valence-corrected chi connectivity index (χ2v) is 3.47. The van der Waals surface area contributed by atoms with Gasteiger partial charge in [0.2, 0.25) is 0 Å². The lowest BCUT2D eigenvalue weighted by atomic mass is 9.97. The summed E-state index contributed by atoms with van der Waals surface area (Å²) < 4.78 is 0. The number of nitrogens with one attached hydrogen (secondary N) is 1. The molecule has 1 aliphatic heterocycles. The van der Waals surface area contributed by atoms with Gasteiger partial charge in [-0.15, -0.1) is 0 Å². The molecule has 0 bridgehead atoms. The van der Waals surface area contributed by atoms with E-state index in [4.69, 9.17) is 0 Å². The molecule has 68 valence electrons. The Morgan fingerprint density at radius 1 is 1.58 bits per heavy atom. The van der Waals surface area contributed by atoms with E-state index in [1.54, 1.807) is 0 Å². The van der Waals surface area contributed by atoms with Gasteiger partial charge in [-0.1, -0.05) is 18.6 Å². The summed E-state index contributed by atoms with van der Waals surface area (Å²) in [5.41, 5.74) is 1.06. The lowest BCUT2D eigenvalue weighted by Gasteiger charge is -2.23. The van der Waals surface area contributed by atoms with Crippen LogP contribution in [0.4, 0.5) is 0 Å². The van der Waals surface area contributed by atoms with Crippen molar-refractivity contribution in [2.75, 3.05) is 6.54 Å². The van der Waals surface area contributed by atoms with E-state index in [-0.39, 0.29) is 0 Å². The number of piperidine rings is 1. The molecule has 0 spiro atoms. The molecule has 1 saturated heterocycles. The second-order valence-electron chi connectivity index (χ2n) is 3.47. The molecule has 1 rings (SSSR count). The molecule has 1 aliphatic rings. The first kappa shape index (κ1) is 9.46. The predicted molar refractivity (Wildman–Crippen MR) is 50.1 cm³/mol. The van der Waals surface area contributed by atoms with Crippen LogP contribution in [-0.4, -0.2) is 18.9 Å². The molecule has 2 heteroatoms. The summed E-state index contributed by atoms with van der Waals surface area (Å²) in [5, 5.41) is 3.43. The maximum atomic E-state index is 10.2. The largest absolute Gasteiger partial charge is 0.314 e. The van der Waals surface area contributed by atoms with Gasteiger partial charge in [0.15, 0.2) is 0 Å². The fourth-order valence-corrected chi connectivity index (χ4v) is 1.65. The first-order chi connectivity index (χ1) is 5.83. The Kier molecular flexibility index (Phi) is 4.01. The van der Waals surface area contributed by atoms with Crippen LogP contribution < -0.4 is 5.32 Å². The Morgan fingerprint density at radius 2 is 2.42 bits per heavy atom. The van der Waals surface area contributed by atoms with Gasteiger partial charge in [0.1, 0.15) is 6.29 Å². The summed E-state index contributed by atoms with van der Waals surface area (Å²) in [6.07, 6.45) is 6.27. The minimum Gasteiger partial charge on any atom is -0.314 e. The van der Waals surface area contributed by atoms with Crippen LogP contribution in [-0.2, 0) is 4.79 Å². The molecular formula is C10H17NO. The number of rotatable bonds is 4. The fraction of sp³-hybridized carbons (Fsp3) is 0.700. The van der Waals surface area contributed by atoms with Crippen LogP contribution in [0.25, 0.3) is 0 Å². The molecule has 0 aromatic carbocycles. The van der Waals surface area contributed by atoms with Gasteiger partial charge < -0.3 is 10.1 Å². The van der Waals surface area contributed by atoms with Crippen LogP contribution in [0.2, 0.25) is 0 Å². The summed E-state index contributed by atoms with van der Waals surface area (Å²) in [7, 11) is 0. The Bertz CT molecular complexity index is 159. The monoisotopic (exact) mass is 167 g/mol. The number of carbonyl (C=O) groups is 1. The Morgan fingerprint density at radius 3 is 3.00 bits per heavy atom. The third-order valence-corrected chi connectivity index (χ3v) is 2.32. The summed E-state index contributed by atoms with van der Waals surface area (Å²) in [5.74, 6) is 0. The van der Waals surface area contributed by atoms with Crippen molar-refractivity contribution < 1.29 is 4.79 Å². The third-order valence-electron chi connectivity index (χ3n) is 2.32. The van der Waals surface area contributed by atoms with E-state index in [1.165, 1.54) is 19.3 Å². The molecule has 0 aromatic heterocycles. The number of hydrogen-bond acceptors (Lipinski definition) is 2. The van der Waals surface area contributed by atoms with Gasteiger partial charge in [-0.3, -0.25) is 0 Å². The van der Waals surface area contributed by atoms with Crippen molar-refractivity contribution >= 4 is 6.29 Å². The number of carbonyl (C=O) groups excluding carboxylic acids is 1. The molecule has 1 heterocycles. The van der Waals surface area contributed by atoms with Gasteiger partial charge in [-0.2, -0.15) is 0 Å². The molecule has 0 aliphatic carbocycles. The Hall–Kier alpha value is -0.630. The van der Waals surface area contributed by atoms with E-state index in [0.29, 0.717) is 12.5 Å². The SMILES string of the molecule is C=C(CC=O)CC1CCCCN1. The molecule has 1 N–H and O–H groups in total. The molecule has 12 heavy (non-hydrogen) atoms. The highest BCUT2D eigenvalue weighted by atomic mass is 16.1. The second kappa shape index (κ2) is 5.09. The molecule has 1 unspecified atom stereocenters. The van der Waals surface area contributed by atoms with Crippen molar-refractivity contribution in [3.05, 3.63) is 12.2 Å². The lowest BCUT2D eigenvalue weighted by Crippen LogP contribution is -2.34. The van der Waals surface area contributed by atoms with Crippen molar-refractivity contribution in [2.45, 2.75) is 38.1 Å². The minimum atomic E-state index is 0.526. The zero-order valence-electron chi connectivity index (χ0n) is 7.51. The topological polar surface area (TPSA) is 29.1 Å². The zero-order chi connectivity index (χ0) is 8.81. The van der Waals surface area contributed by atoms with E-state index >= 15 is 0 Å². The molecule has 0 amide bonds. The van der Waals surface area contributed by atoms with Gasteiger partial charge in [-0.05, 0) is 25.8 Å². The molecule has 1 atom stereocenters. The minimum absolute atomic E-state index is 0.526. The van der Waals surface area contributed by atoms with Gasteiger partial charge in [-0.25, -0.2) is 0 Å². The number of aldehydes is 1. The van der Waals surface area contributed by atoms with Crippen LogP contribution in [0, 0.1) is 0 Å². The predicted octanol–water partition coefficient (Wildman–Crippen LogP) is 1.66. The summed E-state index contributed by atoms with van der Waals surface area (Å²) in [4.78, 5) is 10.2. The van der Waals surface area contributed by atoms with Gasteiger partial charge in [0.05, 0.1) is 0 Å². The van der Waals surface area contributed by atoms with E-state index in [2.05, 4.69) is 11.9 Å². The molecule has 0 saturated carbocycles. The van der Waals surface area contributed by atoms with E-state index in [1.807, 2.05) is 0 Å². The van der Waals surface area contributed by atoms with Crippen molar-refractivity contribution in [2.24, 2.45) is 0 Å². The van der Waals surface area contributed by atoms with E-state index in [0.717, 1.165) is 24.8 Å². The van der Waals surface area contributed by atoms with Crippen LogP contribution in [0.5, 0.6) is 0 Å². The quantitative estimate of drug-likeness (QED) is 0.509. The molecule has 1 fully saturated rings. The van der Waals surface area contributed by atoms with E-state index < -0.39 is 0 Å². The van der Waals surface area contributed by atoms with Crippen molar-refractivity contribution in [1.29, 1.82) is 0 Å². The molecule has 2 nitrogen and oxygen atoms in total. The van der Waals surface area contributed by atoms with Gasteiger partial charge >= 0.3 is 0 Å².